The van der Waals surface area contributed by atoms with Gasteiger partial charge in [0, 0.05) is 25.9 Å². The molecule has 6 heteroatoms. The third-order valence-electron chi connectivity index (χ3n) is 3.27. The summed E-state index contributed by atoms with van der Waals surface area (Å²) in [5.74, 6) is -0.342. The number of rotatable bonds is 1. The Balaban J connectivity index is 1.63. The molecule has 1 aromatic heterocycles. The Morgan fingerprint density at radius 3 is 2.65 bits per heavy atom. The number of nitrogens with zero attached hydrogens (tertiary/aromatic N) is 2. The molecule has 0 saturated carbocycles. The van der Waals surface area contributed by atoms with Crippen LogP contribution in [0.5, 0.6) is 0 Å². The van der Waals surface area contributed by atoms with Crippen LogP contribution in [0.3, 0.4) is 0 Å². The summed E-state index contributed by atoms with van der Waals surface area (Å²) >= 11 is 1.38. The van der Waals surface area contributed by atoms with Crippen LogP contribution in [-0.2, 0) is 9.47 Å². The SMILES string of the molecule is O=C(c1cncs1)N1CCC2(CC1)OCCO2. The van der Waals surface area contributed by atoms with Crippen molar-refractivity contribution in [1.29, 1.82) is 0 Å². The smallest absolute Gasteiger partial charge is 0.265 e. The van der Waals surface area contributed by atoms with Gasteiger partial charge >= 0.3 is 0 Å². The molecule has 5 nitrogen and oxygen atoms in total. The Bertz CT molecular complexity index is 391. The summed E-state index contributed by atoms with van der Waals surface area (Å²) in [7, 11) is 0. The Morgan fingerprint density at radius 2 is 2.06 bits per heavy atom. The van der Waals surface area contributed by atoms with Gasteiger partial charge in [0.05, 0.1) is 24.9 Å². The zero-order valence-corrected chi connectivity index (χ0v) is 10.2. The topological polar surface area (TPSA) is 51.7 Å². The van der Waals surface area contributed by atoms with Crippen molar-refractivity contribution in [2.45, 2.75) is 18.6 Å². The molecule has 0 unspecified atom stereocenters. The number of carbonyl (C=O) groups is 1. The number of carbonyl (C=O) groups excluding carboxylic acids is 1. The van der Waals surface area contributed by atoms with Crippen molar-refractivity contribution in [3.05, 3.63) is 16.6 Å². The molecule has 0 bridgehead atoms. The van der Waals surface area contributed by atoms with Crippen LogP contribution in [0.2, 0.25) is 0 Å². The monoisotopic (exact) mass is 254 g/mol. The number of hydrogen-bond donors (Lipinski definition) is 0. The third kappa shape index (κ3) is 2.08. The molecule has 2 aliphatic heterocycles. The lowest BCUT2D eigenvalue weighted by Gasteiger charge is -2.37. The largest absolute Gasteiger partial charge is 0.347 e. The van der Waals surface area contributed by atoms with Gasteiger partial charge in [0.2, 0.25) is 0 Å². The number of ether oxygens (including phenoxy) is 2. The molecule has 1 spiro atoms. The zero-order chi connectivity index (χ0) is 11.7. The van der Waals surface area contributed by atoms with Crippen molar-refractivity contribution in [3.8, 4) is 0 Å². The van der Waals surface area contributed by atoms with Gasteiger partial charge in [0.1, 0.15) is 4.88 Å². The van der Waals surface area contributed by atoms with E-state index in [1.165, 1.54) is 11.3 Å². The van der Waals surface area contributed by atoms with E-state index in [4.69, 9.17) is 9.47 Å². The van der Waals surface area contributed by atoms with Crippen molar-refractivity contribution in [2.24, 2.45) is 0 Å². The Morgan fingerprint density at radius 1 is 1.35 bits per heavy atom. The second-order valence-corrected chi connectivity index (χ2v) is 5.15. The van der Waals surface area contributed by atoms with E-state index in [0.717, 1.165) is 12.8 Å². The first kappa shape index (κ1) is 11.1. The molecular weight excluding hydrogens is 240 g/mol. The van der Waals surface area contributed by atoms with Gasteiger partial charge in [0.25, 0.3) is 5.91 Å². The summed E-state index contributed by atoms with van der Waals surface area (Å²) < 4.78 is 11.3. The van der Waals surface area contributed by atoms with Gasteiger partial charge in [-0.2, -0.15) is 0 Å². The van der Waals surface area contributed by atoms with Crippen LogP contribution in [-0.4, -0.2) is 47.9 Å². The fourth-order valence-corrected chi connectivity index (χ4v) is 2.90. The number of piperidine rings is 1. The highest BCUT2D eigenvalue weighted by Crippen LogP contribution is 2.31. The number of likely N-dealkylation sites (tertiary alicyclic amines) is 1. The van der Waals surface area contributed by atoms with E-state index in [9.17, 15) is 4.79 Å². The van der Waals surface area contributed by atoms with Crippen LogP contribution in [0.4, 0.5) is 0 Å². The summed E-state index contributed by atoms with van der Waals surface area (Å²) in [6.07, 6.45) is 3.15. The van der Waals surface area contributed by atoms with Gasteiger partial charge in [-0.1, -0.05) is 0 Å². The van der Waals surface area contributed by atoms with Crippen molar-refractivity contribution in [1.82, 2.24) is 9.88 Å². The Hall–Kier alpha value is -0.980. The Kier molecular flexibility index (Phi) is 2.85. The quantitative estimate of drug-likeness (QED) is 0.753. The van der Waals surface area contributed by atoms with Crippen molar-refractivity contribution in [3.63, 3.8) is 0 Å². The van der Waals surface area contributed by atoms with Crippen molar-refractivity contribution < 1.29 is 14.3 Å². The molecule has 3 heterocycles. The van der Waals surface area contributed by atoms with Crippen LogP contribution in [0.25, 0.3) is 0 Å². The first-order valence-corrected chi connectivity index (χ1v) is 6.63. The van der Waals surface area contributed by atoms with Gasteiger partial charge in [0.15, 0.2) is 5.79 Å². The predicted molar refractivity (Wildman–Crippen MR) is 61.9 cm³/mol. The second kappa shape index (κ2) is 4.36. The number of aromatic nitrogens is 1. The summed E-state index contributed by atoms with van der Waals surface area (Å²) in [6, 6.07) is 0. The summed E-state index contributed by atoms with van der Waals surface area (Å²) in [5, 5.41) is 0. The molecule has 92 valence electrons. The van der Waals surface area contributed by atoms with E-state index in [0.29, 0.717) is 31.2 Å². The summed E-state index contributed by atoms with van der Waals surface area (Å²) in [4.78, 5) is 18.6. The Labute approximate surface area is 103 Å². The van der Waals surface area contributed by atoms with Crippen LogP contribution < -0.4 is 0 Å². The van der Waals surface area contributed by atoms with Crippen LogP contribution in [0.1, 0.15) is 22.5 Å². The first-order chi connectivity index (χ1) is 8.29. The molecule has 0 radical (unpaired) electrons. The van der Waals surface area contributed by atoms with Gasteiger partial charge in [-0.05, 0) is 0 Å². The normalized spacial score (nSPS) is 23.2. The molecule has 1 aromatic rings. The fourth-order valence-electron chi connectivity index (χ4n) is 2.31. The van der Waals surface area contributed by atoms with Gasteiger partial charge in [-0.3, -0.25) is 9.78 Å². The molecule has 2 aliphatic rings. The van der Waals surface area contributed by atoms with Crippen molar-refractivity contribution >= 4 is 17.2 Å². The van der Waals surface area contributed by atoms with Gasteiger partial charge in [-0.15, -0.1) is 11.3 Å². The molecule has 0 atom stereocenters. The molecule has 0 N–H and O–H groups in total. The minimum Gasteiger partial charge on any atom is -0.347 e. The average Bonchev–Trinajstić information content (AvgIpc) is 3.01. The third-order valence-corrected chi connectivity index (χ3v) is 4.03. The highest BCUT2D eigenvalue weighted by atomic mass is 32.1. The number of amides is 1. The molecular formula is C11H14N2O3S. The van der Waals surface area contributed by atoms with E-state index in [2.05, 4.69) is 4.98 Å². The maximum atomic E-state index is 12.1. The summed E-state index contributed by atoms with van der Waals surface area (Å²) in [6.45, 7) is 2.72. The molecule has 0 aromatic carbocycles. The lowest BCUT2D eigenvalue weighted by molar-refractivity contribution is -0.181. The lowest BCUT2D eigenvalue weighted by atomic mass is 10.0. The standard InChI is InChI=1S/C11H14N2O3S/c14-10(9-7-12-8-17-9)13-3-1-11(2-4-13)15-5-6-16-11/h7-8H,1-6H2. The van der Waals surface area contributed by atoms with Gasteiger partial charge in [-0.25, -0.2) is 0 Å². The molecule has 17 heavy (non-hydrogen) atoms. The molecule has 3 rings (SSSR count). The molecule has 1 amide bonds. The zero-order valence-electron chi connectivity index (χ0n) is 9.42. The highest BCUT2D eigenvalue weighted by molar-refractivity contribution is 7.11. The fraction of sp³-hybridized carbons (Fsp3) is 0.636. The lowest BCUT2D eigenvalue weighted by Crippen LogP contribution is -2.47. The molecule has 2 fully saturated rings. The van der Waals surface area contributed by atoms with Crippen molar-refractivity contribution in [2.75, 3.05) is 26.3 Å². The average molecular weight is 254 g/mol. The summed E-state index contributed by atoms with van der Waals surface area (Å²) in [5.41, 5.74) is 1.68. The van der Waals surface area contributed by atoms with E-state index in [1.807, 2.05) is 4.90 Å². The van der Waals surface area contributed by atoms with Crippen LogP contribution in [0, 0.1) is 0 Å². The van der Waals surface area contributed by atoms with Crippen LogP contribution >= 0.6 is 11.3 Å². The maximum absolute atomic E-state index is 12.1. The van der Waals surface area contributed by atoms with E-state index in [1.54, 1.807) is 11.7 Å². The molecule has 0 aliphatic carbocycles. The van der Waals surface area contributed by atoms with E-state index < -0.39 is 5.79 Å². The second-order valence-electron chi connectivity index (χ2n) is 4.27. The van der Waals surface area contributed by atoms with Gasteiger partial charge < -0.3 is 14.4 Å². The highest BCUT2D eigenvalue weighted by Gasteiger charge is 2.40. The van der Waals surface area contributed by atoms with E-state index >= 15 is 0 Å². The van der Waals surface area contributed by atoms with Crippen LogP contribution in [0.15, 0.2) is 11.7 Å². The maximum Gasteiger partial charge on any atom is 0.265 e. The minimum atomic E-state index is -0.412. The number of hydrogen-bond acceptors (Lipinski definition) is 5. The molecule has 2 saturated heterocycles. The predicted octanol–water partition coefficient (Wildman–Crippen LogP) is 1.12. The first-order valence-electron chi connectivity index (χ1n) is 5.75. The minimum absolute atomic E-state index is 0.0698. The van der Waals surface area contributed by atoms with E-state index in [-0.39, 0.29) is 5.91 Å². The number of thiazole rings is 1.